The van der Waals surface area contributed by atoms with Crippen LogP contribution in [0.25, 0.3) is 11.2 Å². The summed E-state index contributed by atoms with van der Waals surface area (Å²) in [6.07, 6.45) is 0.378. The average Bonchev–Trinajstić information content (AvgIpc) is 3.61. The average molecular weight is 558 g/mol. The molecule has 2 fully saturated rings. The summed E-state index contributed by atoms with van der Waals surface area (Å²) in [5, 5.41) is 5.43. The number of rotatable bonds is 8. The number of carbonyl (C=O) groups is 1. The zero-order chi connectivity index (χ0) is 27.4. The fourth-order valence-corrected chi connectivity index (χ4v) is 4.60. The molecule has 3 aromatic rings. The molecular formula is C24H27N6O8P. The SMILES string of the molecule is CCCCNC(=O)Nc1ncnc2c1ncn2[C@@H]1O[C@H](COP(=O)(O)O)[C@H]2OC(C#Cc3ccccc3)O[C@H]21. The highest BCUT2D eigenvalue weighted by Gasteiger charge is 2.54. The number of hydrogen-bond acceptors (Lipinski definition) is 9. The minimum Gasteiger partial charge on any atom is -0.347 e. The van der Waals surface area contributed by atoms with Crippen molar-refractivity contribution in [2.75, 3.05) is 18.5 Å². The van der Waals surface area contributed by atoms with Crippen molar-refractivity contribution >= 4 is 30.8 Å². The van der Waals surface area contributed by atoms with E-state index in [2.05, 4.69) is 37.4 Å². The summed E-state index contributed by atoms with van der Waals surface area (Å²) in [6.45, 7) is 2.10. The van der Waals surface area contributed by atoms with Gasteiger partial charge in [-0.15, -0.1) is 0 Å². The van der Waals surface area contributed by atoms with E-state index in [4.69, 9.17) is 18.7 Å². The van der Waals surface area contributed by atoms with Crippen molar-refractivity contribution < 1.29 is 37.9 Å². The highest BCUT2D eigenvalue weighted by molar-refractivity contribution is 7.46. The molecule has 14 nitrogen and oxygen atoms in total. The molecule has 206 valence electrons. The van der Waals surface area contributed by atoms with Crippen molar-refractivity contribution in [1.82, 2.24) is 24.8 Å². The Morgan fingerprint density at radius 2 is 1.95 bits per heavy atom. The number of ether oxygens (including phenoxy) is 3. The van der Waals surface area contributed by atoms with Gasteiger partial charge in [0.1, 0.15) is 24.6 Å². The molecule has 39 heavy (non-hydrogen) atoms. The summed E-state index contributed by atoms with van der Waals surface area (Å²) in [5.74, 6) is 6.12. The Morgan fingerprint density at radius 3 is 2.72 bits per heavy atom. The van der Waals surface area contributed by atoms with E-state index in [1.165, 1.54) is 12.7 Å². The van der Waals surface area contributed by atoms with Crippen LogP contribution in [0.4, 0.5) is 10.6 Å². The van der Waals surface area contributed by atoms with Crippen LogP contribution in [0, 0.1) is 11.8 Å². The summed E-state index contributed by atoms with van der Waals surface area (Å²) >= 11 is 0. The molecule has 5 rings (SSSR count). The van der Waals surface area contributed by atoms with E-state index in [0.717, 1.165) is 18.4 Å². The topological polar surface area (TPSA) is 179 Å². The third-order valence-electron chi connectivity index (χ3n) is 6.04. The number of benzene rings is 1. The van der Waals surface area contributed by atoms with Crippen LogP contribution in [0.1, 0.15) is 31.6 Å². The Kier molecular flexibility index (Phi) is 8.20. The predicted molar refractivity (Wildman–Crippen MR) is 136 cm³/mol. The van der Waals surface area contributed by atoms with Gasteiger partial charge in [0.05, 0.1) is 12.9 Å². The molecule has 0 saturated carbocycles. The van der Waals surface area contributed by atoms with Gasteiger partial charge in [-0.2, -0.15) is 0 Å². The summed E-state index contributed by atoms with van der Waals surface area (Å²) in [6, 6.07) is 8.87. The smallest absolute Gasteiger partial charge is 0.347 e. The number of nitrogens with zero attached hydrogens (tertiary/aromatic N) is 4. The van der Waals surface area contributed by atoms with Crippen LogP contribution >= 0.6 is 7.82 Å². The lowest BCUT2D eigenvalue weighted by molar-refractivity contribution is -0.129. The molecule has 1 aromatic carbocycles. The van der Waals surface area contributed by atoms with Gasteiger partial charge in [0.2, 0.25) is 6.29 Å². The van der Waals surface area contributed by atoms with Crippen LogP contribution in [-0.4, -0.2) is 73.1 Å². The standard InChI is InChI=1S/C24H27N6O8P/c1-2-3-11-25-24(31)29-21-18-22(27-13-26-21)30(14-28-18)23-20-19(16(36-23)12-35-39(32,33)34)37-17(38-20)10-9-15-7-5-4-6-8-15/h4-8,13-14,16-17,19-20,23H,2-3,11-12H2,1H3,(H2,32,33,34)(H2,25,26,27,29,31)/t16-,17?,19-,20-,23-/m1/s1. The number of anilines is 1. The first-order valence-corrected chi connectivity index (χ1v) is 13.8. The molecule has 2 saturated heterocycles. The minimum absolute atomic E-state index is 0.207. The van der Waals surface area contributed by atoms with Crippen molar-refractivity contribution in [3.63, 3.8) is 0 Å². The molecule has 0 aliphatic carbocycles. The van der Waals surface area contributed by atoms with Gasteiger partial charge >= 0.3 is 13.9 Å². The zero-order valence-electron chi connectivity index (χ0n) is 20.8. The van der Waals surface area contributed by atoms with Gasteiger partial charge < -0.3 is 29.3 Å². The van der Waals surface area contributed by atoms with Gasteiger partial charge in [0.25, 0.3) is 0 Å². The second kappa shape index (κ2) is 11.8. The first kappa shape index (κ1) is 27.2. The fourth-order valence-electron chi connectivity index (χ4n) is 4.26. The zero-order valence-corrected chi connectivity index (χ0v) is 21.7. The number of amides is 2. The lowest BCUT2D eigenvalue weighted by Gasteiger charge is -2.20. The predicted octanol–water partition coefficient (Wildman–Crippen LogP) is 1.92. The van der Waals surface area contributed by atoms with Crippen LogP contribution in [-0.2, 0) is 23.3 Å². The van der Waals surface area contributed by atoms with Gasteiger partial charge in [-0.1, -0.05) is 37.5 Å². The third kappa shape index (κ3) is 6.43. The number of phosphoric acid groups is 1. The number of carbonyl (C=O) groups excluding carboxylic acids is 1. The maximum absolute atomic E-state index is 12.3. The van der Waals surface area contributed by atoms with E-state index < -0.39 is 51.3 Å². The van der Waals surface area contributed by atoms with Gasteiger partial charge in [0.15, 0.2) is 23.2 Å². The number of fused-ring (bicyclic) bond motifs is 2. The first-order chi connectivity index (χ1) is 18.8. The molecule has 5 atom stereocenters. The second-order valence-electron chi connectivity index (χ2n) is 8.80. The normalized spacial score (nSPS) is 24.2. The molecule has 4 heterocycles. The van der Waals surface area contributed by atoms with E-state index in [1.54, 1.807) is 4.57 Å². The molecule has 0 bridgehead atoms. The monoisotopic (exact) mass is 558 g/mol. The van der Waals surface area contributed by atoms with E-state index in [1.807, 2.05) is 37.3 Å². The molecule has 2 aromatic heterocycles. The van der Waals surface area contributed by atoms with Gasteiger partial charge in [-0.25, -0.2) is 24.3 Å². The Morgan fingerprint density at radius 1 is 1.15 bits per heavy atom. The highest BCUT2D eigenvalue weighted by Crippen LogP contribution is 2.43. The molecular weight excluding hydrogens is 531 g/mol. The fraction of sp³-hybridized carbons (Fsp3) is 0.417. The molecule has 2 aliphatic heterocycles. The van der Waals surface area contributed by atoms with Gasteiger partial charge in [-0.3, -0.25) is 14.4 Å². The first-order valence-electron chi connectivity index (χ1n) is 12.3. The van der Waals surface area contributed by atoms with Crippen LogP contribution in [0.3, 0.4) is 0 Å². The molecule has 2 aliphatic rings. The number of nitrogens with one attached hydrogen (secondary N) is 2. The van der Waals surface area contributed by atoms with Gasteiger partial charge in [-0.05, 0) is 24.5 Å². The number of hydrogen-bond donors (Lipinski definition) is 4. The molecule has 0 spiro atoms. The number of unbranched alkanes of at least 4 members (excludes halogenated alkanes) is 1. The largest absolute Gasteiger partial charge is 0.469 e. The Balaban J connectivity index is 1.39. The summed E-state index contributed by atoms with van der Waals surface area (Å²) in [4.78, 5) is 43.5. The Bertz CT molecular complexity index is 1420. The Hall–Kier alpha value is -3.41. The van der Waals surface area contributed by atoms with Crippen molar-refractivity contribution in [2.45, 2.75) is 50.6 Å². The molecule has 1 unspecified atom stereocenters. The van der Waals surface area contributed by atoms with Crippen LogP contribution < -0.4 is 10.6 Å². The molecule has 15 heteroatoms. The van der Waals surface area contributed by atoms with E-state index >= 15 is 0 Å². The molecule has 0 radical (unpaired) electrons. The van der Waals surface area contributed by atoms with Crippen LogP contribution in [0.2, 0.25) is 0 Å². The van der Waals surface area contributed by atoms with E-state index in [-0.39, 0.29) is 5.82 Å². The summed E-state index contributed by atoms with van der Waals surface area (Å²) in [7, 11) is -4.76. The molecule has 4 N–H and O–H groups in total. The highest BCUT2D eigenvalue weighted by atomic mass is 31.2. The van der Waals surface area contributed by atoms with Crippen LogP contribution in [0.15, 0.2) is 43.0 Å². The van der Waals surface area contributed by atoms with Crippen molar-refractivity contribution in [2.24, 2.45) is 0 Å². The second-order valence-corrected chi connectivity index (χ2v) is 10.0. The maximum Gasteiger partial charge on any atom is 0.469 e. The lowest BCUT2D eigenvalue weighted by atomic mass is 10.1. The van der Waals surface area contributed by atoms with Crippen molar-refractivity contribution in [1.29, 1.82) is 0 Å². The summed E-state index contributed by atoms with van der Waals surface area (Å²) in [5.41, 5.74) is 1.43. The maximum atomic E-state index is 12.3. The van der Waals surface area contributed by atoms with Crippen molar-refractivity contribution in [3.8, 4) is 11.8 Å². The Labute approximate surface area is 223 Å². The van der Waals surface area contributed by atoms with Crippen molar-refractivity contribution in [3.05, 3.63) is 48.5 Å². The van der Waals surface area contributed by atoms with Gasteiger partial charge in [0, 0.05) is 12.1 Å². The number of urea groups is 1. The summed E-state index contributed by atoms with van der Waals surface area (Å²) < 4.78 is 35.7. The van der Waals surface area contributed by atoms with E-state index in [9.17, 15) is 19.1 Å². The lowest BCUT2D eigenvalue weighted by Crippen LogP contribution is -2.31. The number of aromatic nitrogens is 4. The van der Waals surface area contributed by atoms with E-state index in [0.29, 0.717) is 17.7 Å². The third-order valence-corrected chi connectivity index (χ3v) is 6.53. The number of imidazole rings is 1. The quantitative estimate of drug-likeness (QED) is 0.180. The molecule has 2 amide bonds. The number of phosphoric ester groups is 1. The minimum atomic E-state index is -4.76. The van der Waals surface area contributed by atoms with Crippen LogP contribution in [0.5, 0.6) is 0 Å².